The Morgan fingerprint density at radius 2 is 1.92 bits per heavy atom. The fraction of sp³-hybridized carbons (Fsp3) is 0.562. The van der Waals surface area contributed by atoms with Crippen molar-refractivity contribution in [2.45, 2.75) is 31.7 Å². The second-order valence-electron chi connectivity index (χ2n) is 6.37. The van der Waals surface area contributed by atoms with Gasteiger partial charge < -0.3 is 10.2 Å². The third kappa shape index (κ3) is 4.82. The molecular formula is C16H21Cl2N3O3. The van der Waals surface area contributed by atoms with Crippen molar-refractivity contribution in [3.63, 3.8) is 0 Å². The average Bonchev–Trinajstić information content (AvgIpc) is 3.36. The van der Waals surface area contributed by atoms with Crippen LogP contribution in [0.4, 0.5) is 5.69 Å². The van der Waals surface area contributed by atoms with E-state index in [2.05, 4.69) is 5.32 Å². The van der Waals surface area contributed by atoms with Gasteiger partial charge in [0.25, 0.3) is 11.6 Å². The zero-order chi connectivity index (χ0) is 16.4. The van der Waals surface area contributed by atoms with Crippen LogP contribution in [-0.2, 0) is 0 Å². The Kier molecular flexibility index (Phi) is 6.43. The van der Waals surface area contributed by atoms with Crippen molar-refractivity contribution in [1.82, 2.24) is 10.2 Å². The molecule has 0 aromatic heterocycles. The second-order valence-corrected chi connectivity index (χ2v) is 6.81. The fourth-order valence-electron chi connectivity index (χ4n) is 2.93. The van der Waals surface area contributed by atoms with Gasteiger partial charge in [-0.2, -0.15) is 0 Å². The Hall–Kier alpha value is -1.37. The molecule has 6 nitrogen and oxygen atoms in total. The highest BCUT2D eigenvalue weighted by molar-refractivity contribution is 6.31. The normalized spacial score (nSPS) is 18.1. The molecule has 0 spiro atoms. The summed E-state index contributed by atoms with van der Waals surface area (Å²) >= 11 is 5.89. The second kappa shape index (κ2) is 8.14. The third-order valence-corrected chi connectivity index (χ3v) is 4.73. The number of hydrogen-bond donors (Lipinski definition) is 1. The zero-order valence-corrected chi connectivity index (χ0v) is 14.8. The van der Waals surface area contributed by atoms with Crippen LogP contribution in [0.1, 0.15) is 36.0 Å². The van der Waals surface area contributed by atoms with Crippen LogP contribution in [0.25, 0.3) is 0 Å². The van der Waals surface area contributed by atoms with Crippen LogP contribution >= 0.6 is 24.0 Å². The molecule has 1 aromatic rings. The Morgan fingerprint density at radius 1 is 1.25 bits per heavy atom. The summed E-state index contributed by atoms with van der Waals surface area (Å²) < 4.78 is 0. The summed E-state index contributed by atoms with van der Waals surface area (Å²) in [5.74, 6) is 0.665. The van der Waals surface area contributed by atoms with Gasteiger partial charge in [-0.05, 0) is 44.2 Å². The maximum Gasteiger partial charge on any atom is 0.271 e. The highest BCUT2D eigenvalue weighted by atomic mass is 35.5. The summed E-state index contributed by atoms with van der Waals surface area (Å²) in [6.45, 7) is 2.42. The van der Waals surface area contributed by atoms with Crippen LogP contribution in [0.5, 0.6) is 0 Å². The van der Waals surface area contributed by atoms with E-state index in [1.165, 1.54) is 31.0 Å². The number of non-ortho nitro benzene ring substituents is 1. The van der Waals surface area contributed by atoms with Gasteiger partial charge >= 0.3 is 0 Å². The van der Waals surface area contributed by atoms with Crippen molar-refractivity contribution in [3.05, 3.63) is 38.9 Å². The molecule has 0 unspecified atom stereocenters. The number of nitrogens with zero attached hydrogens (tertiary/aromatic N) is 2. The number of benzene rings is 1. The fourth-order valence-corrected chi connectivity index (χ4v) is 3.16. The van der Waals surface area contributed by atoms with Crippen LogP contribution in [-0.4, -0.2) is 41.4 Å². The summed E-state index contributed by atoms with van der Waals surface area (Å²) in [6.07, 6.45) is 4.50. The minimum Gasteiger partial charge on any atom is -0.339 e. The number of nitro groups is 1. The largest absolute Gasteiger partial charge is 0.339 e. The third-order valence-electron chi connectivity index (χ3n) is 4.51. The molecule has 1 aromatic carbocycles. The maximum absolute atomic E-state index is 12.5. The lowest BCUT2D eigenvalue weighted by atomic mass is 10.0. The summed E-state index contributed by atoms with van der Waals surface area (Å²) in [7, 11) is 0. The molecule has 0 atom stereocenters. The topological polar surface area (TPSA) is 75.5 Å². The van der Waals surface area contributed by atoms with Crippen LogP contribution < -0.4 is 5.32 Å². The van der Waals surface area contributed by atoms with Crippen molar-refractivity contribution in [3.8, 4) is 0 Å². The van der Waals surface area contributed by atoms with Gasteiger partial charge in [0.05, 0.1) is 4.92 Å². The Balaban J connectivity index is 0.00000208. The number of rotatable bonds is 5. The number of likely N-dealkylation sites (tertiary alicyclic amines) is 1. The number of halogens is 2. The standard InChI is InChI=1S/C16H20ClN3O3.ClH/c17-13-7-12(8-15(9-13)20(22)23)16(21)19-5-3-14(4-6-19)18-10-11-1-2-11;/h7-9,11,14,18H,1-6,10H2;1H. The van der Waals surface area contributed by atoms with Crippen LogP contribution in [0, 0.1) is 16.0 Å². The van der Waals surface area contributed by atoms with Gasteiger partial charge in [0.15, 0.2) is 0 Å². The van der Waals surface area contributed by atoms with Gasteiger partial charge in [0.1, 0.15) is 0 Å². The lowest BCUT2D eigenvalue weighted by Crippen LogP contribution is -2.45. The number of amides is 1. The van der Waals surface area contributed by atoms with Crippen molar-refractivity contribution < 1.29 is 9.72 Å². The van der Waals surface area contributed by atoms with Gasteiger partial charge in [0.2, 0.25) is 0 Å². The molecule has 1 saturated heterocycles. The monoisotopic (exact) mass is 373 g/mol. The SMILES string of the molecule is Cl.O=C(c1cc(Cl)cc([N+](=O)[O-])c1)N1CCC(NCC2CC2)CC1. The Labute approximate surface area is 152 Å². The molecule has 1 aliphatic heterocycles. The molecule has 1 aliphatic carbocycles. The van der Waals surface area contributed by atoms with Crippen LogP contribution in [0.3, 0.4) is 0 Å². The molecule has 2 fully saturated rings. The Morgan fingerprint density at radius 3 is 2.50 bits per heavy atom. The minimum absolute atomic E-state index is 0. The van der Waals surface area contributed by atoms with Gasteiger partial charge in [-0.15, -0.1) is 12.4 Å². The molecule has 132 valence electrons. The number of hydrogen-bond acceptors (Lipinski definition) is 4. The van der Waals surface area contributed by atoms with E-state index in [1.54, 1.807) is 4.90 Å². The molecule has 3 rings (SSSR count). The van der Waals surface area contributed by atoms with E-state index in [9.17, 15) is 14.9 Å². The van der Waals surface area contributed by atoms with E-state index < -0.39 is 4.92 Å². The predicted molar refractivity (Wildman–Crippen MR) is 95.0 cm³/mol. The molecule has 1 heterocycles. The van der Waals surface area contributed by atoms with Crippen LogP contribution in [0.2, 0.25) is 5.02 Å². The molecule has 8 heteroatoms. The van der Waals surface area contributed by atoms with E-state index in [0.717, 1.165) is 25.3 Å². The lowest BCUT2D eigenvalue weighted by Gasteiger charge is -2.32. The Bertz CT molecular complexity index is 615. The van der Waals surface area contributed by atoms with Gasteiger partial charge in [0, 0.05) is 41.9 Å². The predicted octanol–water partition coefficient (Wildman–Crippen LogP) is 3.27. The van der Waals surface area contributed by atoms with Gasteiger partial charge in [-0.25, -0.2) is 0 Å². The maximum atomic E-state index is 12.5. The minimum atomic E-state index is -0.531. The number of carbonyl (C=O) groups is 1. The summed E-state index contributed by atoms with van der Waals surface area (Å²) in [4.78, 5) is 24.7. The first-order valence-corrected chi connectivity index (χ1v) is 8.38. The molecule has 0 radical (unpaired) electrons. The molecule has 1 N–H and O–H groups in total. The molecule has 0 bridgehead atoms. The quantitative estimate of drug-likeness (QED) is 0.634. The molecule has 24 heavy (non-hydrogen) atoms. The molecule has 1 amide bonds. The zero-order valence-electron chi connectivity index (χ0n) is 13.2. The first kappa shape index (κ1) is 19.0. The van der Waals surface area contributed by atoms with E-state index in [4.69, 9.17) is 11.6 Å². The lowest BCUT2D eigenvalue weighted by molar-refractivity contribution is -0.384. The van der Waals surface area contributed by atoms with E-state index in [1.807, 2.05) is 0 Å². The van der Waals surface area contributed by atoms with Crippen molar-refractivity contribution >= 4 is 35.6 Å². The van der Waals surface area contributed by atoms with Crippen LogP contribution in [0.15, 0.2) is 18.2 Å². The highest BCUT2D eigenvalue weighted by Crippen LogP contribution is 2.28. The first-order valence-electron chi connectivity index (χ1n) is 8.00. The number of nitro benzene ring substituents is 1. The number of carbonyl (C=O) groups excluding carboxylic acids is 1. The van der Waals surface area contributed by atoms with Crippen molar-refractivity contribution in [1.29, 1.82) is 0 Å². The summed E-state index contributed by atoms with van der Waals surface area (Å²) in [5, 5.41) is 14.7. The van der Waals surface area contributed by atoms with E-state index in [0.29, 0.717) is 19.1 Å². The molecule has 1 saturated carbocycles. The molecule has 2 aliphatic rings. The molecular weight excluding hydrogens is 353 g/mol. The number of nitrogens with one attached hydrogen (secondary N) is 1. The smallest absolute Gasteiger partial charge is 0.271 e. The summed E-state index contributed by atoms with van der Waals surface area (Å²) in [5.41, 5.74) is 0.135. The van der Waals surface area contributed by atoms with E-state index in [-0.39, 0.29) is 34.6 Å². The highest BCUT2D eigenvalue weighted by Gasteiger charge is 2.27. The van der Waals surface area contributed by atoms with Gasteiger partial charge in [-0.1, -0.05) is 11.6 Å². The number of piperidine rings is 1. The van der Waals surface area contributed by atoms with Crippen molar-refractivity contribution in [2.24, 2.45) is 5.92 Å². The average molecular weight is 374 g/mol. The van der Waals surface area contributed by atoms with Gasteiger partial charge in [-0.3, -0.25) is 14.9 Å². The summed E-state index contributed by atoms with van der Waals surface area (Å²) in [6, 6.07) is 4.51. The first-order chi connectivity index (χ1) is 11.0. The van der Waals surface area contributed by atoms with E-state index >= 15 is 0 Å². The van der Waals surface area contributed by atoms with Crippen molar-refractivity contribution in [2.75, 3.05) is 19.6 Å².